The topological polar surface area (TPSA) is 78.9 Å². The molecule has 0 aromatic carbocycles. The molecule has 0 aromatic rings. The highest BCUT2D eigenvalue weighted by molar-refractivity contribution is 5.71. The van der Waals surface area contributed by atoms with Gasteiger partial charge in [-0.15, -0.1) is 0 Å². The van der Waals surface area contributed by atoms with E-state index >= 15 is 0 Å². The molecule has 0 aliphatic rings. The number of ether oxygens (including phenoxy) is 3. The first kappa shape index (κ1) is 68.3. The Morgan fingerprint density at radius 2 is 0.542 bits per heavy atom. The van der Waals surface area contributed by atoms with Crippen molar-refractivity contribution < 1.29 is 28.6 Å². The molecule has 412 valence electrons. The summed E-state index contributed by atoms with van der Waals surface area (Å²) in [6.45, 7) is 6.46. The normalized spacial score (nSPS) is 12.8. The number of allylic oxidation sites excluding steroid dienone is 16. The lowest BCUT2D eigenvalue weighted by atomic mass is 10.1. The molecule has 0 amide bonds. The molecule has 0 aromatic heterocycles. The molecule has 1 unspecified atom stereocenters. The van der Waals surface area contributed by atoms with Gasteiger partial charge < -0.3 is 14.2 Å². The van der Waals surface area contributed by atoms with E-state index in [1.54, 1.807) is 0 Å². The van der Waals surface area contributed by atoms with E-state index in [0.29, 0.717) is 19.3 Å². The molecule has 0 saturated heterocycles. The van der Waals surface area contributed by atoms with Crippen LogP contribution in [0.3, 0.4) is 0 Å². The van der Waals surface area contributed by atoms with Gasteiger partial charge in [0.2, 0.25) is 0 Å². The molecule has 1 atom stereocenters. The van der Waals surface area contributed by atoms with Crippen LogP contribution < -0.4 is 0 Å². The quantitative estimate of drug-likeness (QED) is 0.0261. The molecule has 0 rings (SSSR count). The van der Waals surface area contributed by atoms with E-state index in [2.05, 4.69) is 118 Å². The summed E-state index contributed by atoms with van der Waals surface area (Å²) in [6.07, 6.45) is 80.0. The molecule has 6 heteroatoms. The predicted octanol–water partition coefficient (Wildman–Crippen LogP) is 20.5. The van der Waals surface area contributed by atoms with Crippen LogP contribution >= 0.6 is 0 Å². The van der Waals surface area contributed by atoms with E-state index in [1.165, 1.54) is 128 Å². The van der Waals surface area contributed by atoms with Crippen LogP contribution in [0.5, 0.6) is 0 Å². The zero-order chi connectivity index (χ0) is 52.2. The van der Waals surface area contributed by atoms with E-state index in [1.807, 2.05) is 0 Å². The predicted molar refractivity (Wildman–Crippen MR) is 311 cm³/mol. The lowest BCUT2D eigenvalue weighted by Gasteiger charge is -2.18. The third-order valence-electron chi connectivity index (χ3n) is 12.8. The lowest BCUT2D eigenvalue weighted by Crippen LogP contribution is -2.30. The van der Waals surface area contributed by atoms with E-state index in [9.17, 15) is 14.4 Å². The van der Waals surface area contributed by atoms with Gasteiger partial charge in [-0.25, -0.2) is 0 Å². The fraction of sp³-hybridized carbons (Fsp3) is 0.712. The Balaban J connectivity index is 4.17. The number of carbonyl (C=O) groups excluding carboxylic acids is 3. The number of unbranched alkanes of at least 4 members (excludes halogenated alkanes) is 27. The van der Waals surface area contributed by atoms with Crippen molar-refractivity contribution >= 4 is 17.9 Å². The molecular formula is C66H112O6. The largest absolute Gasteiger partial charge is 0.462 e. The number of esters is 3. The van der Waals surface area contributed by atoms with Crippen LogP contribution in [0.15, 0.2) is 97.2 Å². The van der Waals surface area contributed by atoms with Gasteiger partial charge in [0.1, 0.15) is 13.2 Å². The maximum atomic E-state index is 12.8. The van der Waals surface area contributed by atoms with Crippen LogP contribution in [0.25, 0.3) is 0 Å². The van der Waals surface area contributed by atoms with Crippen LogP contribution in [0.1, 0.15) is 284 Å². The molecule has 72 heavy (non-hydrogen) atoms. The second-order valence-corrected chi connectivity index (χ2v) is 19.9. The Bertz CT molecular complexity index is 1430. The average molecular weight is 1000 g/mol. The van der Waals surface area contributed by atoms with Gasteiger partial charge in [-0.3, -0.25) is 14.4 Å². The first-order valence-corrected chi connectivity index (χ1v) is 30.2. The molecule has 0 aliphatic carbocycles. The summed E-state index contributed by atoms with van der Waals surface area (Å²) in [5, 5.41) is 0. The molecule has 0 radical (unpaired) electrons. The minimum atomic E-state index is -0.782. The standard InChI is InChI=1S/C66H112O6/c1-4-7-10-13-16-18-20-22-24-26-28-30-32-33-35-36-38-40-42-44-46-48-50-53-56-59-65(68)71-62-63(61-70-64(67)58-55-52-15-12-9-6-3)72-66(69)60-57-54-51-49-47-45-43-41-39-37-34-31-29-27-25-23-21-19-17-14-11-8-5-2/h7,10,16,18,21-24,27-30,33-35,37,63H,4-6,8-9,11-15,17,19-20,25-26,31-32,36,38-62H2,1-3H3/b10-7-,18-16-,23-21-,24-22-,29-27-,30-28-,35-33-,37-34-. The van der Waals surface area contributed by atoms with Crippen LogP contribution in [-0.4, -0.2) is 37.2 Å². The number of rotatable bonds is 54. The van der Waals surface area contributed by atoms with Crippen LogP contribution in [-0.2, 0) is 28.6 Å². The van der Waals surface area contributed by atoms with E-state index in [0.717, 1.165) is 116 Å². The SMILES string of the molecule is CC/C=C\C/C=C\C/C=C\C/C=C\C/C=C\CCCCCCCCCCCC(=O)OCC(COC(=O)CCCCCCCC)OC(=O)CCCCCCCCCC/C=C\C/C=C\C/C=C\CCCCCCC. The summed E-state index contributed by atoms with van der Waals surface area (Å²) in [6, 6.07) is 0. The van der Waals surface area contributed by atoms with Gasteiger partial charge in [0.05, 0.1) is 0 Å². The van der Waals surface area contributed by atoms with Crippen molar-refractivity contribution in [2.45, 2.75) is 290 Å². The maximum Gasteiger partial charge on any atom is 0.306 e. The third-order valence-corrected chi connectivity index (χ3v) is 12.8. The first-order valence-electron chi connectivity index (χ1n) is 30.2. The Labute approximate surface area is 445 Å². The van der Waals surface area contributed by atoms with Gasteiger partial charge >= 0.3 is 17.9 Å². The molecule has 0 heterocycles. The molecule has 0 aliphatic heterocycles. The van der Waals surface area contributed by atoms with E-state index in [4.69, 9.17) is 14.2 Å². The highest BCUT2D eigenvalue weighted by Crippen LogP contribution is 2.15. The maximum absolute atomic E-state index is 12.8. The highest BCUT2D eigenvalue weighted by Gasteiger charge is 2.19. The summed E-state index contributed by atoms with van der Waals surface area (Å²) in [5.41, 5.74) is 0. The van der Waals surface area contributed by atoms with Gasteiger partial charge in [-0.2, -0.15) is 0 Å². The summed E-state index contributed by atoms with van der Waals surface area (Å²) in [7, 11) is 0. The van der Waals surface area contributed by atoms with Crippen molar-refractivity contribution in [2.75, 3.05) is 13.2 Å². The fourth-order valence-electron chi connectivity index (χ4n) is 8.30. The minimum Gasteiger partial charge on any atom is -0.462 e. The first-order chi connectivity index (χ1) is 35.5. The summed E-state index contributed by atoms with van der Waals surface area (Å²) in [4.78, 5) is 38.0. The van der Waals surface area contributed by atoms with Gasteiger partial charge in [0, 0.05) is 19.3 Å². The summed E-state index contributed by atoms with van der Waals surface area (Å²) >= 11 is 0. The van der Waals surface area contributed by atoms with Crippen molar-refractivity contribution in [3.8, 4) is 0 Å². The smallest absolute Gasteiger partial charge is 0.306 e. The average Bonchev–Trinajstić information content (AvgIpc) is 3.38. The molecule has 0 N–H and O–H groups in total. The van der Waals surface area contributed by atoms with Crippen molar-refractivity contribution in [3.63, 3.8) is 0 Å². The van der Waals surface area contributed by atoms with E-state index in [-0.39, 0.29) is 31.1 Å². The molecular weight excluding hydrogens is 889 g/mol. The van der Waals surface area contributed by atoms with Crippen molar-refractivity contribution in [1.82, 2.24) is 0 Å². The van der Waals surface area contributed by atoms with Gasteiger partial charge in [-0.05, 0) is 103 Å². The van der Waals surface area contributed by atoms with E-state index < -0.39 is 6.10 Å². The molecule has 6 nitrogen and oxygen atoms in total. The monoisotopic (exact) mass is 1000 g/mol. The van der Waals surface area contributed by atoms with Crippen LogP contribution in [0.2, 0.25) is 0 Å². The van der Waals surface area contributed by atoms with Gasteiger partial charge in [0.15, 0.2) is 6.10 Å². The molecule has 0 fully saturated rings. The Kier molecular flexibility index (Phi) is 56.8. The third kappa shape index (κ3) is 57.2. The Morgan fingerprint density at radius 3 is 0.847 bits per heavy atom. The summed E-state index contributed by atoms with van der Waals surface area (Å²) < 4.78 is 16.8. The van der Waals surface area contributed by atoms with Crippen molar-refractivity contribution in [3.05, 3.63) is 97.2 Å². The van der Waals surface area contributed by atoms with Crippen molar-refractivity contribution in [1.29, 1.82) is 0 Å². The highest BCUT2D eigenvalue weighted by atomic mass is 16.6. The van der Waals surface area contributed by atoms with Crippen LogP contribution in [0, 0.1) is 0 Å². The van der Waals surface area contributed by atoms with Crippen molar-refractivity contribution in [2.24, 2.45) is 0 Å². The Hall–Kier alpha value is -3.67. The molecule has 0 saturated carbocycles. The molecule has 0 bridgehead atoms. The number of carbonyl (C=O) groups is 3. The fourth-order valence-corrected chi connectivity index (χ4v) is 8.30. The summed E-state index contributed by atoms with van der Waals surface area (Å²) in [5.74, 6) is -0.901. The van der Waals surface area contributed by atoms with Crippen LogP contribution in [0.4, 0.5) is 0 Å². The zero-order valence-electron chi connectivity index (χ0n) is 47.2. The van der Waals surface area contributed by atoms with Gasteiger partial charge in [0.25, 0.3) is 0 Å². The molecule has 0 spiro atoms. The number of hydrogen-bond acceptors (Lipinski definition) is 6. The minimum absolute atomic E-state index is 0.0822. The second-order valence-electron chi connectivity index (χ2n) is 19.9. The van der Waals surface area contributed by atoms with Gasteiger partial charge in [-0.1, -0.05) is 259 Å². The second kappa shape index (κ2) is 59.9. The zero-order valence-corrected chi connectivity index (χ0v) is 47.2. The number of hydrogen-bond donors (Lipinski definition) is 0. The Morgan fingerprint density at radius 1 is 0.292 bits per heavy atom. The lowest BCUT2D eigenvalue weighted by molar-refractivity contribution is -0.167.